The molecule has 0 radical (unpaired) electrons. The highest BCUT2D eigenvalue weighted by atomic mass is 16.5. The summed E-state index contributed by atoms with van der Waals surface area (Å²) in [5.74, 6) is 1.48. The monoisotopic (exact) mass is 246 g/mol. The van der Waals surface area contributed by atoms with Gasteiger partial charge < -0.3 is 9.84 Å². The summed E-state index contributed by atoms with van der Waals surface area (Å²) < 4.78 is 5.34. The van der Waals surface area contributed by atoms with Crippen molar-refractivity contribution in [1.29, 1.82) is 0 Å². The van der Waals surface area contributed by atoms with Gasteiger partial charge in [-0.2, -0.15) is 4.98 Å². The lowest BCUT2D eigenvalue weighted by molar-refractivity contribution is 0.326. The van der Waals surface area contributed by atoms with Gasteiger partial charge in [0.2, 0.25) is 11.7 Å². The molecule has 0 aliphatic heterocycles. The third kappa shape index (κ3) is 2.56. The van der Waals surface area contributed by atoms with Crippen LogP contribution in [0.1, 0.15) is 32.1 Å². The molecule has 0 aliphatic carbocycles. The van der Waals surface area contributed by atoms with Crippen LogP contribution in [-0.4, -0.2) is 28.2 Å². The van der Waals surface area contributed by atoms with E-state index >= 15 is 0 Å². The number of nitrogens with one attached hydrogen (secondary N) is 1. The molecule has 0 saturated carbocycles. The number of aromatic nitrogens is 3. The number of hydrogen-bond donors (Lipinski definition) is 1. The zero-order valence-electron chi connectivity index (χ0n) is 10.9. The lowest BCUT2D eigenvalue weighted by Gasteiger charge is -2.18. The summed E-state index contributed by atoms with van der Waals surface area (Å²) in [5, 5.41) is 7.28. The molecule has 2 aromatic rings. The Balaban J connectivity index is 2.20. The molecule has 0 bridgehead atoms. The van der Waals surface area contributed by atoms with Crippen molar-refractivity contribution < 1.29 is 4.52 Å². The first-order valence-electron chi connectivity index (χ1n) is 6.17. The zero-order valence-corrected chi connectivity index (χ0v) is 10.9. The van der Waals surface area contributed by atoms with Crippen LogP contribution >= 0.6 is 0 Å². The van der Waals surface area contributed by atoms with Gasteiger partial charge in [0.05, 0.1) is 5.92 Å². The Labute approximate surface area is 107 Å². The van der Waals surface area contributed by atoms with Crippen LogP contribution in [0.25, 0.3) is 11.4 Å². The summed E-state index contributed by atoms with van der Waals surface area (Å²) in [7, 11) is 1.95. The van der Waals surface area contributed by atoms with E-state index in [0.29, 0.717) is 17.8 Å². The van der Waals surface area contributed by atoms with E-state index in [2.05, 4.69) is 34.3 Å². The fourth-order valence-corrected chi connectivity index (χ4v) is 2.02. The normalized spacial score (nSPS) is 14.4. The minimum absolute atomic E-state index is 0.197. The van der Waals surface area contributed by atoms with Gasteiger partial charge >= 0.3 is 0 Å². The highest BCUT2D eigenvalue weighted by Crippen LogP contribution is 2.22. The number of rotatable bonds is 5. The average Bonchev–Trinajstić information content (AvgIpc) is 2.90. The molecule has 1 N–H and O–H groups in total. The van der Waals surface area contributed by atoms with Gasteiger partial charge in [-0.25, -0.2) is 0 Å². The number of pyridine rings is 1. The lowest BCUT2D eigenvalue weighted by Crippen LogP contribution is -2.30. The van der Waals surface area contributed by atoms with Gasteiger partial charge in [0.25, 0.3) is 0 Å². The molecule has 2 rings (SSSR count). The molecule has 0 amide bonds. The quantitative estimate of drug-likeness (QED) is 0.876. The van der Waals surface area contributed by atoms with Crippen LogP contribution in [0.4, 0.5) is 0 Å². The van der Waals surface area contributed by atoms with Crippen molar-refractivity contribution in [1.82, 2.24) is 20.4 Å². The van der Waals surface area contributed by atoms with E-state index in [9.17, 15) is 0 Å². The van der Waals surface area contributed by atoms with Gasteiger partial charge in [0.15, 0.2) is 0 Å². The molecule has 0 saturated heterocycles. The molecule has 96 valence electrons. The Bertz CT molecular complexity index is 479. The maximum absolute atomic E-state index is 5.34. The standard InChI is InChI=1S/C13H18N4O/c1-4-11(14-3)9(2)13-16-12(17-18-13)10-5-7-15-8-6-10/h5-9,11,14H,4H2,1-3H3. The molecule has 5 heteroatoms. The fourth-order valence-electron chi connectivity index (χ4n) is 2.02. The Morgan fingerprint density at radius 2 is 2.06 bits per heavy atom. The third-order valence-electron chi connectivity index (χ3n) is 3.18. The topological polar surface area (TPSA) is 63.8 Å². The maximum atomic E-state index is 5.34. The van der Waals surface area contributed by atoms with Gasteiger partial charge in [-0.05, 0) is 25.6 Å². The van der Waals surface area contributed by atoms with E-state index < -0.39 is 0 Å². The summed E-state index contributed by atoms with van der Waals surface area (Å²) in [4.78, 5) is 8.42. The van der Waals surface area contributed by atoms with Gasteiger partial charge in [-0.3, -0.25) is 4.98 Å². The molecule has 2 unspecified atom stereocenters. The Hall–Kier alpha value is -1.75. The van der Waals surface area contributed by atoms with E-state index in [1.807, 2.05) is 19.2 Å². The molecule has 2 atom stereocenters. The first kappa shape index (κ1) is 12.7. The molecule has 0 aliphatic rings. The number of nitrogens with zero attached hydrogens (tertiary/aromatic N) is 3. The number of hydrogen-bond acceptors (Lipinski definition) is 5. The van der Waals surface area contributed by atoms with Crippen LogP contribution < -0.4 is 5.32 Å². The third-order valence-corrected chi connectivity index (χ3v) is 3.18. The van der Waals surface area contributed by atoms with Crippen LogP contribution in [0, 0.1) is 0 Å². The maximum Gasteiger partial charge on any atom is 0.231 e. The second-order valence-corrected chi connectivity index (χ2v) is 4.28. The van der Waals surface area contributed by atoms with Crippen LogP contribution in [0.5, 0.6) is 0 Å². The average molecular weight is 246 g/mol. The summed E-state index contributed by atoms with van der Waals surface area (Å²) in [6.45, 7) is 4.23. The van der Waals surface area contributed by atoms with Crippen LogP contribution in [0.3, 0.4) is 0 Å². The molecule has 0 fully saturated rings. The molecule has 2 heterocycles. The summed E-state index contributed by atoms with van der Waals surface area (Å²) in [6.07, 6.45) is 4.46. The summed E-state index contributed by atoms with van der Waals surface area (Å²) in [6, 6.07) is 4.08. The second-order valence-electron chi connectivity index (χ2n) is 4.28. The molecule has 18 heavy (non-hydrogen) atoms. The molecule has 5 nitrogen and oxygen atoms in total. The Kier molecular flexibility index (Phi) is 4.04. The highest BCUT2D eigenvalue weighted by molar-refractivity contribution is 5.52. The second kappa shape index (κ2) is 5.73. The Morgan fingerprint density at radius 3 is 2.67 bits per heavy atom. The van der Waals surface area contributed by atoms with Crippen LogP contribution in [0.15, 0.2) is 29.0 Å². The first-order valence-corrected chi connectivity index (χ1v) is 6.17. The fraction of sp³-hybridized carbons (Fsp3) is 0.462. The van der Waals surface area contributed by atoms with Gasteiger partial charge in [0, 0.05) is 24.0 Å². The van der Waals surface area contributed by atoms with Crippen LogP contribution in [-0.2, 0) is 0 Å². The minimum atomic E-state index is 0.197. The van der Waals surface area contributed by atoms with Crippen molar-refractivity contribution in [3.8, 4) is 11.4 Å². The summed E-state index contributed by atoms with van der Waals surface area (Å²) in [5.41, 5.74) is 0.921. The molecule has 2 aromatic heterocycles. The lowest BCUT2D eigenvalue weighted by atomic mass is 10.00. The van der Waals surface area contributed by atoms with Crippen molar-refractivity contribution >= 4 is 0 Å². The van der Waals surface area contributed by atoms with Crippen molar-refractivity contribution in [3.05, 3.63) is 30.4 Å². The van der Waals surface area contributed by atoms with Gasteiger partial charge in [-0.15, -0.1) is 0 Å². The van der Waals surface area contributed by atoms with Gasteiger partial charge in [0.1, 0.15) is 0 Å². The minimum Gasteiger partial charge on any atom is -0.339 e. The smallest absolute Gasteiger partial charge is 0.231 e. The molecule has 0 spiro atoms. The number of likely N-dealkylation sites (N-methyl/N-ethyl adjacent to an activating group) is 1. The SMILES string of the molecule is CCC(NC)C(C)c1nc(-c2ccncc2)no1. The predicted octanol–water partition coefficient (Wildman–Crippen LogP) is 2.23. The van der Waals surface area contributed by atoms with Crippen molar-refractivity contribution in [2.24, 2.45) is 0 Å². The first-order chi connectivity index (χ1) is 8.76. The summed E-state index contributed by atoms with van der Waals surface area (Å²) >= 11 is 0. The van der Waals surface area contributed by atoms with E-state index in [1.165, 1.54) is 0 Å². The van der Waals surface area contributed by atoms with Crippen molar-refractivity contribution in [3.63, 3.8) is 0 Å². The van der Waals surface area contributed by atoms with E-state index in [0.717, 1.165) is 12.0 Å². The van der Waals surface area contributed by atoms with Gasteiger partial charge in [-0.1, -0.05) is 19.0 Å². The van der Waals surface area contributed by atoms with Crippen molar-refractivity contribution in [2.45, 2.75) is 32.2 Å². The predicted molar refractivity (Wildman–Crippen MR) is 69.1 cm³/mol. The largest absolute Gasteiger partial charge is 0.339 e. The highest BCUT2D eigenvalue weighted by Gasteiger charge is 2.21. The van der Waals surface area contributed by atoms with Crippen molar-refractivity contribution in [2.75, 3.05) is 7.05 Å². The molecule has 0 aromatic carbocycles. The molecular formula is C13H18N4O. The molecular weight excluding hydrogens is 228 g/mol. The van der Waals surface area contributed by atoms with E-state index in [-0.39, 0.29) is 5.92 Å². The van der Waals surface area contributed by atoms with Crippen LogP contribution in [0.2, 0.25) is 0 Å². The zero-order chi connectivity index (χ0) is 13.0. The van der Waals surface area contributed by atoms with E-state index in [4.69, 9.17) is 4.52 Å². The van der Waals surface area contributed by atoms with E-state index in [1.54, 1.807) is 12.4 Å². The Morgan fingerprint density at radius 1 is 1.33 bits per heavy atom.